The summed E-state index contributed by atoms with van der Waals surface area (Å²) in [6.07, 6.45) is -0.455. The summed E-state index contributed by atoms with van der Waals surface area (Å²) in [5.41, 5.74) is 0. The Balaban J connectivity index is 0.000000640. The molecule has 1 fully saturated rings. The van der Waals surface area contributed by atoms with Gasteiger partial charge in [-0.15, -0.1) is 4.91 Å². The van der Waals surface area contributed by atoms with Crippen molar-refractivity contribution < 1.29 is 4.74 Å². The Morgan fingerprint density at radius 3 is 2.78 bits per heavy atom. The zero-order chi connectivity index (χ0) is 5.82. The van der Waals surface area contributed by atoms with E-state index >= 15 is 0 Å². The topological polar surface area (TPSA) is 85.7 Å². The standard InChI is InChI=1S/C4H8N2O2.H3N/c7-6-4-3-5-1-2-8-4;/h4-5H,1-3H2;1H3. The summed E-state index contributed by atoms with van der Waals surface area (Å²) in [5, 5.41) is 5.68. The number of nitrogens with zero attached hydrogens (tertiary/aromatic N) is 1. The van der Waals surface area contributed by atoms with Crippen LogP contribution in [0.3, 0.4) is 0 Å². The van der Waals surface area contributed by atoms with E-state index in [1.807, 2.05) is 0 Å². The van der Waals surface area contributed by atoms with Gasteiger partial charge in [0.15, 0.2) is 0 Å². The van der Waals surface area contributed by atoms with Crippen LogP contribution in [0.4, 0.5) is 0 Å². The van der Waals surface area contributed by atoms with Gasteiger partial charge < -0.3 is 16.2 Å². The molecule has 1 rings (SSSR count). The fourth-order valence-corrected chi connectivity index (χ4v) is 0.619. The van der Waals surface area contributed by atoms with Crippen LogP contribution >= 0.6 is 0 Å². The Morgan fingerprint density at radius 2 is 2.44 bits per heavy atom. The van der Waals surface area contributed by atoms with E-state index < -0.39 is 6.23 Å². The molecular weight excluding hydrogens is 122 g/mol. The normalized spacial score (nSPS) is 26.4. The van der Waals surface area contributed by atoms with E-state index in [0.29, 0.717) is 13.2 Å². The molecule has 0 bridgehead atoms. The zero-order valence-electron chi connectivity index (χ0n) is 5.17. The minimum Gasteiger partial charge on any atom is -0.350 e. The second kappa shape index (κ2) is 4.37. The maximum atomic E-state index is 9.74. The molecule has 4 N–H and O–H groups in total. The zero-order valence-corrected chi connectivity index (χ0v) is 5.17. The first kappa shape index (κ1) is 8.48. The van der Waals surface area contributed by atoms with Gasteiger partial charge in [-0.25, -0.2) is 0 Å². The van der Waals surface area contributed by atoms with E-state index in [2.05, 4.69) is 10.5 Å². The van der Waals surface area contributed by atoms with Gasteiger partial charge in [0.2, 0.25) is 6.23 Å². The van der Waals surface area contributed by atoms with Gasteiger partial charge in [-0.1, -0.05) is 0 Å². The average Bonchev–Trinajstić information content (AvgIpc) is 1.90. The van der Waals surface area contributed by atoms with E-state index in [0.717, 1.165) is 6.54 Å². The van der Waals surface area contributed by atoms with E-state index in [1.165, 1.54) is 0 Å². The smallest absolute Gasteiger partial charge is 0.202 e. The molecule has 1 unspecified atom stereocenters. The summed E-state index contributed by atoms with van der Waals surface area (Å²) < 4.78 is 4.89. The number of ether oxygens (including phenoxy) is 1. The van der Waals surface area contributed by atoms with Crippen molar-refractivity contribution in [3.05, 3.63) is 4.91 Å². The van der Waals surface area contributed by atoms with Gasteiger partial charge in [-0.05, 0) is 5.18 Å². The molecule has 1 aliphatic rings. The number of rotatable bonds is 1. The molecule has 0 aromatic rings. The van der Waals surface area contributed by atoms with Crippen molar-refractivity contribution in [1.29, 1.82) is 0 Å². The monoisotopic (exact) mass is 133 g/mol. The lowest BCUT2D eigenvalue weighted by Gasteiger charge is -2.16. The SMILES string of the molecule is N.O=NC1CNCCO1. The highest BCUT2D eigenvalue weighted by atomic mass is 16.5. The van der Waals surface area contributed by atoms with Crippen LogP contribution in [0.5, 0.6) is 0 Å². The maximum absolute atomic E-state index is 9.74. The Hall–Kier alpha value is -0.520. The Morgan fingerprint density at radius 1 is 1.67 bits per heavy atom. The molecule has 5 heteroatoms. The number of nitrogens with one attached hydrogen (secondary N) is 1. The van der Waals surface area contributed by atoms with E-state index in [1.54, 1.807) is 0 Å². The van der Waals surface area contributed by atoms with Crippen LogP contribution in [0.2, 0.25) is 0 Å². The van der Waals surface area contributed by atoms with Crippen molar-refractivity contribution in [2.75, 3.05) is 19.7 Å². The minimum atomic E-state index is -0.455. The van der Waals surface area contributed by atoms with E-state index in [9.17, 15) is 4.91 Å². The first-order chi connectivity index (χ1) is 3.93. The lowest BCUT2D eigenvalue weighted by Crippen LogP contribution is -2.37. The van der Waals surface area contributed by atoms with Gasteiger partial charge in [0.05, 0.1) is 6.61 Å². The molecule has 1 saturated heterocycles. The molecule has 0 radical (unpaired) electrons. The highest BCUT2D eigenvalue weighted by Crippen LogP contribution is 1.94. The Kier molecular flexibility index (Phi) is 4.12. The maximum Gasteiger partial charge on any atom is 0.202 e. The number of morpholine rings is 1. The molecule has 0 aromatic carbocycles. The molecule has 0 aromatic heterocycles. The lowest BCUT2D eigenvalue weighted by molar-refractivity contribution is 0.0337. The Bertz CT molecular complexity index is 81.9. The van der Waals surface area contributed by atoms with Crippen LogP contribution in [0, 0.1) is 4.91 Å². The summed E-state index contributed by atoms with van der Waals surface area (Å²) in [7, 11) is 0. The first-order valence-corrected chi connectivity index (χ1v) is 2.58. The lowest BCUT2D eigenvalue weighted by atomic mass is 10.5. The van der Waals surface area contributed by atoms with Gasteiger partial charge in [0, 0.05) is 13.1 Å². The second-order valence-corrected chi connectivity index (χ2v) is 1.63. The molecule has 54 valence electrons. The van der Waals surface area contributed by atoms with Crippen LogP contribution in [-0.2, 0) is 4.74 Å². The van der Waals surface area contributed by atoms with Crippen molar-refractivity contribution in [2.45, 2.75) is 6.23 Å². The van der Waals surface area contributed by atoms with Crippen LogP contribution in [-0.4, -0.2) is 25.9 Å². The largest absolute Gasteiger partial charge is 0.350 e. The summed E-state index contributed by atoms with van der Waals surface area (Å²) >= 11 is 0. The summed E-state index contributed by atoms with van der Waals surface area (Å²) in [4.78, 5) is 9.74. The molecule has 0 aliphatic carbocycles. The van der Waals surface area contributed by atoms with Crippen molar-refractivity contribution in [3.63, 3.8) is 0 Å². The molecule has 5 nitrogen and oxygen atoms in total. The third kappa shape index (κ3) is 2.50. The van der Waals surface area contributed by atoms with Gasteiger partial charge in [-0.2, -0.15) is 0 Å². The molecule has 0 amide bonds. The van der Waals surface area contributed by atoms with E-state index in [-0.39, 0.29) is 6.15 Å². The molecule has 1 atom stereocenters. The fourth-order valence-electron chi connectivity index (χ4n) is 0.619. The highest BCUT2D eigenvalue weighted by molar-refractivity contribution is 4.62. The minimum absolute atomic E-state index is 0. The predicted octanol–water partition coefficient (Wildman–Crippen LogP) is -0.139. The van der Waals surface area contributed by atoms with Gasteiger partial charge >= 0.3 is 0 Å². The van der Waals surface area contributed by atoms with Crippen LogP contribution < -0.4 is 11.5 Å². The summed E-state index contributed by atoms with van der Waals surface area (Å²) in [6, 6.07) is 0. The number of hydrogen-bond acceptors (Lipinski definition) is 5. The molecule has 9 heavy (non-hydrogen) atoms. The fraction of sp³-hybridized carbons (Fsp3) is 1.00. The summed E-state index contributed by atoms with van der Waals surface area (Å²) in [6.45, 7) is 1.98. The number of hydrogen-bond donors (Lipinski definition) is 2. The van der Waals surface area contributed by atoms with Crippen LogP contribution in [0.1, 0.15) is 0 Å². The third-order valence-electron chi connectivity index (χ3n) is 1.03. The van der Waals surface area contributed by atoms with Crippen LogP contribution in [0.25, 0.3) is 0 Å². The molecular formula is C4H11N3O2. The average molecular weight is 133 g/mol. The van der Waals surface area contributed by atoms with Gasteiger partial charge in [0.1, 0.15) is 0 Å². The number of nitroso groups, excluding NO2 is 1. The van der Waals surface area contributed by atoms with Crippen molar-refractivity contribution in [3.8, 4) is 0 Å². The molecule has 1 heterocycles. The molecule has 0 spiro atoms. The van der Waals surface area contributed by atoms with E-state index in [4.69, 9.17) is 4.74 Å². The second-order valence-electron chi connectivity index (χ2n) is 1.63. The molecule has 1 aliphatic heterocycles. The first-order valence-electron chi connectivity index (χ1n) is 2.58. The van der Waals surface area contributed by atoms with Crippen molar-refractivity contribution in [1.82, 2.24) is 11.5 Å². The van der Waals surface area contributed by atoms with Gasteiger partial charge in [0.25, 0.3) is 0 Å². The van der Waals surface area contributed by atoms with Gasteiger partial charge in [-0.3, -0.25) is 0 Å². The van der Waals surface area contributed by atoms with Crippen LogP contribution in [0.15, 0.2) is 5.18 Å². The third-order valence-corrected chi connectivity index (χ3v) is 1.03. The van der Waals surface area contributed by atoms with Crippen molar-refractivity contribution in [2.24, 2.45) is 5.18 Å². The summed E-state index contributed by atoms with van der Waals surface area (Å²) in [5.74, 6) is 0. The quantitative estimate of drug-likeness (QED) is 0.487. The highest BCUT2D eigenvalue weighted by Gasteiger charge is 2.11. The predicted molar refractivity (Wildman–Crippen MR) is 33.4 cm³/mol. The van der Waals surface area contributed by atoms with Crippen molar-refractivity contribution >= 4 is 0 Å². The Labute approximate surface area is 53.3 Å². The molecule has 0 saturated carbocycles.